The molecule has 3 N–H and O–H groups in total. The molecular weight excluding hydrogens is 446 g/mol. The van der Waals surface area contributed by atoms with E-state index in [1.165, 1.54) is 82.6 Å². The maximum atomic E-state index is 8.40. The fraction of sp³-hybridized carbons (Fsp3) is 0.760. The lowest BCUT2D eigenvalue weighted by Crippen LogP contribution is -2.28. The Morgan fingerprint density at radius 3 is 1.39 bits per heavy atom. The van der Waals surface area contributed by atoms with E-state index in [2.05, 4.69) is 37.3 Å². The van der Waals surface area contributed by atoms with Gasteiger partial charge in [-0.05, 0) is 18.4 Å². The van der Waals surface area contributed by atoms with Gasteiger partial charge >= 0.3 is 0 Å². The number of aryl methyl sites for hydroxylation is 1. The molecule has 0 heterocycles. The third kappa shape index (κ3) is 25.7. The van der Waals surface area contributed by atoms with Crippen LogP contribution in [0.2, 0.25) is 0 Å². The summed E-state index contributed by atoms with van der Waals surface area (Å²) < 4.78 is 0. The normalized spacial score (nSPS) is 10.6. The molecule has 7 nitrogen and oxygen atoms in total. The maximum absolute atomic E-state index is 8.40. The molecule has 1 aromatic carbocycles. The van der Waals surface area contributed by atoms with Crippen molar-refractivity contribution < 1.29 is 29.8 Å². The van der Waals surface area contributed by atoms with Gasteiger partial charge in [-0.25, -0.2) is 14.5 Å². The van der Waals surface area contributed by atoms with Gasteiger partial charge in [0, 0.05) is 0 Å². The molecule has 33 heavy (non-hydrogen) atoms. The number of benzene rings is 1. The second-order valence-corrected chi connectivity index (χ2v) is 7.67. The zero-order valence-electron chi connectivity index (χ0n) is 20.5. The highest BCUT2D eigenvalue weighted by Crippen LogP contribution is 2.12. The van der Waals surface area contributed by atoms with E-state index in [9.17, 15) is 0 Å². The average Bonchev–Trinajstić information content (AvgIpc) is 2.83. The Balaban J connectivity index is 0. The van der Waals surface area contributed by atoms with Crippen molar-refractivity contribution in [1.29, 1.82) is 0 Å². The molecule has 0 unspecified atom stereocenters. The van der Waals surface area contributed by atoms with Crippen LogP contribution in [0, 0.1) is 0 Å². The van der Waals surface area contributed by atoms with Gasteiger partial charge in [0.25, 0.3) is 0 Å². The minimum absolute atomic E-state index is 0. The zero-order valence-corrected chi connectivity index (χ0v) is 21.4. The maximum Gasteiger partial charge on any atom is 0.0967 e. The summed E-state index contributed by atoms with van der Waals surface area (Å²) in [7, 11) is 0. The summed E-state index contributed by atoms with van der Waals surface area (Å²) in [6.45, 7) is 1.78. The molecule has 0 saturated heterocycles. The fourth-order valence-electron chi connectivity index (χ4n) is 3.10. The van der Waals surface area contributed by atoms with Gasteiger partial charge in [0.1, 0.15) is 0 Å². The molecule has 0 aliphatic heterocycles. The van der Waals surface area contributed by atoms with Crippen molar-refractivity contribution in [2.45, 2.75) is 84.0 Å². The highest BCUT2D eigenvalue weighted by molar-refractivity contribution is 5.85. The van der Waals surface area contributed by atoms with Crippen LogP contribution < -0.4 is 0 Å². The van der Waals surface area contributed by atoms with E-state index in [1.54, 1.807) is 0 Å². The van der Waals surface area contributed by atoms with Crippen LogP contribution in [-0.4, -0.2) is 60.4 Å². The molecule has 0 amide bonds. The minimum Gasteiger partial charge on any atom is -0.394 e. The van der Waals surface area contributed by atoms with E-state index in [1.807, 2.05) is 0 Å². The lowest BCUT2D eigenvalue weighted by atomic mass is 10.0. The lowest BCUT2D eigenvalue weighted by molar-refractivity contribution is -0.527. The first-order valence-electron chi connectivity index (χ1n) is 12.3. The second kappa shape index (κ2) is 29.3. The van der Waals surface area contributed by atoms with Crippen LogP contribution in [0.25, 0.3) is 0 Å². The van der Waals surface area contributed by atoms with Crippen molar-refractivity contribution in [2.24, 2.45) is 0 Å². The predicted octanol–water partition coefficient (Wildman–Crippen LogP) is 5.02. The summed E-state index contributed by atoms with van der Waals surface area (Å²) in [6, 6.07) is 10.9. The van der Waals surface area contributed by atoms with E-state index in [-0.39, 0.29) is 52.0 Å². The average molecular weight is 494 g/mol. The van der Waals surface area contributed by atoms with Gasteiger partial charge in [-0.1, -0.05) is 101 Å². The van der Waals surface area contributed by atoms with Crippen LogP contribution in [0.5, 0.6) is 0 Å². The molecule has 0 aliphatic carbocycles. The number of halogens is 1. The number of nitrogens with zero attached hydrogens (tertiary/aromatic N) is 1. The van der Waals surface area contributed by atoms with Gasteiger partial charge in [0.05, 0.1) is 45.0 Å². The van der Waals surface area contributed by atoms with Gasteiger partial charge in [0.2, 0.25) is 0 Å². The summed E-state index contributed by atoms with van der Waals surface area (Å²) in [5.74, 6) is 0. The summed E-state index contributed by atoms with van der Waals surface area (Å²) in [6.07, 6.45) is 17.0. The quantitative estimate of drug-likeness (QED) is 0.163. The Morgan fingerprint density at radius 2 is 1.00 bits per heavy atom. The molecule has 0 aromatic heterocycles. The number of aliphatic hydroxyl groups is 3. The number of hydrogen-bond donors (Lipinski definition) is 3. The second-order valence-electron chi connectivity index (χ2n) is 7.67. The molecular formula is C25H48ClNO6. The standard InChI is InChI=1S/C19H32.C6H15NO6.ClH/c1-2-3-4-5-6-7-8-9-10-11-13-16-19-17-14-12-15-18-19;8-1-4-11-7(12-5-2-9)13-6-3-10;/h12,14-15,17-18H,2-11,13,16H2,1H3;8-10H,1-6H2;1H. The van der Waals surface area contributed by atoms with Gasteiger partial charge in [-0.2, -0.15) is 0 Å². The van der Waals surface area contributed by atoms with Crippen LogP contribution in [-0.2, 0) is 20.9 Å². The van der Waals surface area contributed by atoms with Crippen molar-refractivity contribution >= 4 is 12.4 Å². The van der Waals surface area contributed by atoms with Crippen molar-refractivity contribution in [2.75, 3.05) is 39.6 Å². The van der Waals surface area contributed by atoms with Crippen LogP contribution >= 0.6 is 12.4 Å². The molecule has 0 spiro atoms. The van der Waals surface area contributed by atoms with E-state index >= 15 is 0 Å². The molecule has 0 atom stereocenters. The summed E-state index contributed by atoms with van der Waals surface area (Å²) >= 11 is 0. The van der Waals surface area contributed by atoms with Gasteiger partial charge in [-0.15, -0.1) is 12.4 Å². The van der Waals surface area contributed by atoms with Crippen molar-refractivity contribution in [3.63, 3.8) is 0 Å². The molecule has 0 bridgehead atoms. The van der Waals surface area contributed by atoms with Crippen LogP contribution in [0.15, 0.2) is 30.3 Å². The number of hydrogen-bond acceptors (Lipinski definition) is 7. The third-order valence-electron chi connectivity index (χ3n) is 4.78. The van der Waals surface area contributed by atoms with Crippen LogP contribution in [0.3, 0.4) is 0 Å². The summed E-state index contributed by atoms with van der Waals surface area (Å²) in [5.41, 5.74) is 1.50. The number of rotatable bonds is 21. The molecule has 8 heteroatoms. The lowest BCUT2D eigenvalue weighted by Gasteiger charge is -2.17. The molecule has 0 aliphatic rings. The minimum atomic E-state index is -0.179. The van der Waals surface area contributed by atoms with Gasteiger partial charge < -0.3 is 15.3 Å². The van der Waals surface area contributed by atoms with E-state index in [0.29, 0.717) is 5.39 Å². The third-order valence-corrected chi connectivity index (χ3v) is 4.78. The number of unbranched alkanes of at least 4 members (excludes halogenated alkanes) is 10. The molecule has 196 valence electrons. The van der Waals surface area contributed by atoms with Gasteiger partial charge in [-0.3, -0.25) is 0 Å². The monoisotopic (exact) mass is 493 g/mol. The Labute approximate surface area is 207 Å². The van der Waals surface area contributed by atoms with E-state index in [4.69, 9.17) is 29.8 Å². The zero-order chi connectivity index (χ0) is 23.5. The summed E-state index contributed by atoms with van der Waals surface area (Å²) in [4.78, 5) is 14.1. The van der Waals surface area contributed by atoms with Crippen molar-refractivity contribution in [3.05, 3.63) is 35.9 Å². The fourth-order valence-corrected chi connectivity index (χ4v) is 3.10. The molecule has 0 fully saturated rings. The Kier molecular flexibility index (Phi) is 30.5. The first kappa shape index (κ1) is 34.4. The summed E-state index contributed by atoms with van der Waals surface area (Å²) in [5, 5.41) is 25.9. The highest BCUT2D eigenvalue weighted by atomic mass is 35.5. The Hall–Kier alpha value is -0.770. The van der Waals surface area contributed by atoms with Crippen LogP contribution in [0.4, 0.5) is 0 Å². The topological polar surface area (TPSA) is 91.6 Å². The Morgan fingerprint density at radius 1 is 0.606 bits per heavy atom. The first-order chi connectivity index (χ1) is 15.8. The first-order valence-corrected chi connectivity index (χ1v) is 12.3. The van der Waals surface area contributed by atoms with E-state index in [0.717, 1.165) is 0 Å². The number of aliphatic hydroxyl groups excluding tert-OH is 3. The van der Waals surface area contributed by atoms with E-state index < -0.39 is 0 Å². The molecule has 0 saturated carbocycles. The molecule has 1 rings (SSSR count). The largest absolute Gasteiger partial charge is 0.394 e. The molecule has 0 radical (unpaired) electrons. The van der Waals surface area contributed by atoms with Crippen LogP contribution in [0.1, 0.15) is 83.1 Å². The molecule has 1 aromatic rings. The SMILES string of the molecule is CCCCCCCCCCCCCc1ccccc1.Cl.OCCON(OCCO)OCCO. The smallest absolute Gasteiger partial charge is 0.0967 e. The van der Waals surface area contributed by atoms with Crippen molar-refractivity contribution in [3.8, 4) is 0 Å². The van der Waals surface area contributed by atoms with Crippen molar-refractivity contribution in [1.82, 2.24) is 5.39 Å². The highest BCUT2D eigenvalue weighted by Gasteiger charge is 2.05. The van der Waals surface area contributed by atoms with Gasteiger partial charge in [0.15, 0.2) is 0 Å². The Bertz CT molecular complexity index is 450. The predicted molar refractivity (Wildman–Crippen MR) is 135 cm³/mol.